The van der Waals surface area contributed by atoms with Crippen molar-refractivity contribution in [3.05, 3.63) is 0 Å². The van der Waals surface area contributed by atoms with Crippen molar-refractivity contribution in [1.82, 2.24) is 10.2 Å². The second-order valence-electron chi connectivity index (χ2n) is 3.96. The predicted octanol–water partition coefficient (Wildman–Crippen LogP) is 0.892. The van der Waals surface area contributed by atoms with E-state index in [1.54, 1.807) is 4.90 Å². The lowest BCUT2D eigenvalue weighted by Crippen LogP contribution is -2.46. The zero-order valence-corrected chi connectivity index (χ0v) is 8.78. The number of carbonyl (C=O) groups excluding carboxylic acids is 1. The van der Waals surface area contributed by atoms with Crippen LogP contribution in [0.15, 0.2) is 0 Å². The topological polar surface area (TPSA) is 32.3 Å². The summed E-state index contributed by atoms with van der Waals surface area (Å²) in [5, 5.41) is 3.75. The number of thiocarbonyl (C=S) groups is 1. The first-order chi connectivity index (χ1) is 6.09. The highest BCUT2D eigenvalue weighted by Gasteiger charge is 2.54. The maximum Gasteiger partial charge on any atom is 0.254 e. The summed E-state index contributed by atoms with van der Waals surface area (Å²) in [6.07, 6.45) is 2.30. The number of hydrogen-bond acceptors (Lipinski definition) is 2. The van der Waals surface area contributed by atoms with Gasteiger partial charge in [0.05, 0.1) is 0 Å². The van der Waals surface area contributed by atoms with Crippen LogP contribution in [0.25, 0.3) is 0 Å². The number of nitrogens with one attached hydrogen (secondary N) is 1. The van der Waals surface area contributed by atoms with E-state index in [1.807, 2.05) is 13.8 Å². The molecule has 0 aromatic carbocycles. The summed E-state index contributed by atoms with van der Waals surface area (Å²) in [6.45, 7) is 4.59. The van der Waals surface area contributed by atoms with Crippen molar-refractivity contribution in [1.29, 1.82) is 0 Å². The Balaban J connectivity index is 2.24. The molecule has 1 saturated carbocycles. The maximum atomic E-state index is 11.9. The molecule has 1 amide bonds. The van der Waals surface area contributed by atoms with Crippen LogP contribution in [-0.2, 0) is 4.79 Å². The van der Waals surface area contributed by atoms with Gasteiger partial charge < -0.3 is 5.32 Å². The third-order valence-corrected chi connectivity index (χ3v) is 3.33. The van der Waals surface area contributed by atoms with Gasteiger partial charge in [-0.1, -0.05) is 0 Å². The van der Waals surface area contributed by atoms with Crippen LogP contribution >= 0.6 is 12.2 Å². The molecule has 2 fully saturated rings. The molecule has 1 aliphatic carbocycles. The molecule has 2 aliphatic rings. The molecule has 0 aromatic rings. The second kappa shape index (κ2) is 2.67. The highest BCUT2D eigenvalue weighted by molar-refractivity contribution is 7.80. The minimum absolute atomic E-state index is 0.155. The Morgan fingerprint density at radius 1 is 1.69 bits per heavy atom. The Labute approximate surface area is 83.5 Å². The molecule has 4 heteroatoms. The van der Waals surface area contributed by atoms with Gasteiger partial charge in [-0.05, 0) is 44.8 Å². The van der Waals surface area contributed by atoms with E-state index in [4.69, 9.17) is 12.2 Å². The summed E-state index contributed by atoms with van der Waals surface area (Å²) in [7, 11) is 0. The number of nitrogens with zero attached hydrogens (tertiary/aromatic N) is 1. The van der Waals surface area contributed by atoms with Crippen molar-refractivity contribution < 1.29 is 4.79 Å². The van der Waals surface area contributed by atoms with Crippen LogP contribution in [0.5, 0.6) is 0 Å². The fourth-order valence-corrected chi connectivity index (χ4v) is 2.36. The Hall–Kier alpha value is -0.640. The SMILES string of the molecule is CCN1C(=O)C(C)(C2CC2)NC1=S. The van der Waals surface area contributed by atoms with E-state index >= 15 is 0 Å². The molecule has 3 nitrogen and oxygen atoms in total. The lowest BCUT2D eigenvalue weighted by Gasteiger charge is -2.20. The lowest BCUT2D eigenvalue weighted by molar-refractivity contribution is -0.131. The Kier molecular flexibility index (Phi) is 1.84. The predicted molar refractivity (Wildman–Crippen MR) is 54.2 cm³/mol. The molecule has 0 bridgehead atoms. The van der Waals surface area contributed by atoms with Crippen molar-refractivity contribution in [2.24, 2.45) is 5.92 Å². The van der Waals surface area contributed by atoms with Crippen LogP contribution in [-0.4, -0.2) is 28.0 Å². The molecule has 0 radical (unpaired) electrons. The van der Waals surface area contributed by atoms with Crippen molar-refractivity contribution in [2.75, 3.05) is 6.54 Å². The van der Waals surface area contributed by atoms with Gasteiger partial charge in [-0.2, -0.15) is 0 Å². The molecule has 1 unspecified atom stereocenters. The van der Waals surface area contributed by atoms with Crippen LogP contribution in [0.1, 0.15) is 26.7 Å². The van der Waals surface area contributed by atoms with E-state index in [0.29, 0.717) is 17.6 Å². The highest BCUT2D eigenvalue weighted by Crippen LogP contribution is 2.42. The summed E-state index contributed by atoms with van der Waals surface area (Å²) in [4.78, 5) is 13.6. The van der Waals surface area contributed by atoms with Crippen LogP contribution < -0.4 is 5.32 Å². The Bertz CT molecular complexity index is 275. The first-order valence-corrected chi connectivity index (χ1v) is 5.14. The molecule has 1 atom stereocenters. The molecule has 1 heterocycles. The normalized spacial score (nSPS) is 33.8. The Morgan fingerprint density at radius 2 is 2.31 bits per heavy atom. The smallest absolute Gasteiger partial charge is 0.254 e. The fraction of sp³-hybridized carbons (Fsp3) is 0.778. The molecule has 2 rings (SSSR count). The van der Waals surface area contributed by atoms with E-state index in [1.165, 1.54) is 0 Å². The van der Waals surface area contributed by atoms with Gasteiger partial charge >= 0.3 is 0 Å². The maximum absolute atomic E-state index is 11.9. The van der Waals surface area contributed by atoms with Crippen LogP contribution in [0.4, 0.5) is 0 Å². The number of carbonyl (C=O) groups is 1. The molecule has 72 valence electrons. The van der Waals surface area contributed by atoms with E-state index in [2.05, 4.69) is 5.32 Å². The van der Waals surface area contributed by atoms with Crippen molar-refractivity contribution >= 4 is 23.2 Å². The molecular weight excluding hydrogens is 184 g/mol. The number of amides is 1. The Morgan fingerprint density at radius 3 is 2.69 bits per heavy atom. The van der Waals surface area contributed by atoms with Crippen molar-refractivity contribution in [2.45, 2.75) is 32.2 Å². The minimum atomic E-state index is -0.396. The molecule has 0 aromatic heterocycles. The van der Waals surface area contributed by atoms with E-state index in [-0.39, 0.29) is 5.91 Å². The van der Waals surface area contributed by atoms with Crippen LogP contribution in [0.3, 0.4) is 0 Å². The first-order valence-electron chi connectivity index (χ1n) is 4.73. The number of rotatable bonds is 2. The largest absolute Gasteiger partial charge is 0.348 e. The van der Waals surface area contributed by atoms with Crippen LogP contribution in [0, 0.1) is 5.92 Å². The first kappa shape index (κ1) is 8.94. The summed E-state index contributed by atoms with van der Waals surface area (Å²) < 4.78 is 0. The zero-order valence-electron chi connectivity index (χ0n) is 7.96. The monoisotopic (exact) mass is 198 g/mol. The quantitative estimate of drug-likeness (QED) is 0.669. The van der Waals surface area contributed by atoms with E-state index in [0.717, 1.165) is 12.8 Å². The molecule has 13 heavy (non-hydrogen) atoms. The summed E-state index contributed by atoms with van der Waals surface area (Å²) in [5.41, 5.74) is -0.396. The van der Waals surface area contributed by atoms with Gasteiger partial charge in [0.1, 0.15) is 5.54 Å². The van der Waals surface area contributed by atoms with Gasteiger partial charge in [0.25, 0.3) is 5.91 Å². The van der Waals surface area contributed by atoms with Crippen LogP contribution in [0.2, 0.25) is 0 Å². The molecule has 0 spiro atoms. The second-order valence-corrected chi connectivity index (χ2v) is 4.34. The van der Waals surface area contributed by atoms with Gasteiger partial charge in [-0.3, -0.25) is 9.69 Å². The third kappa shape index (κ3) is 1.15. The summed E-state index contributed by atoms with van der Waals surface area (Å²) in [6, 6.07) is 0. The molecule has 1 saturated heterocycles. The number of hydrogen-bond donors (Lipinski definition) is 1. The van der Waals surface area contributed by atoms with Gasteiger partial charge in [0, 0.05) is 6.54 Å². The van der Waals surface area contributed by atoms with Gasteiger partial charge in [0.15, 0.2) is 5.11 Å². The summed E-state index contributed by atoms with van der Waals surface area (Å²) in [5.74, 6) is 0.650. The third-order valence-electron chi connectivity index (χ3n) is 3.01. The summed E-state index contributed by atoms with van der Waals surface area (Å²) >= 11 is 5.11. The molecule has 1 aliphatic heterocycles. The average Bonchev–Trinajstić information content (AvgIpc) is 2.84. The standard InChI is InChI=1S/C9H14N2OS/c1-3-11-7(12)9(2,6-4-5-6)10-8(11)13/h6H,3-5H2,1-2H3,(H,10,13). The van der Waals surface area contributed by atoms with Gasteiger partial charge in [-0.25, -0.2) is 0 Å². The van der Waals surface area contributed by atoms with Crippen molar-refractivity contribution in [3.63, 3.8) is 0 Å². The van der Waals surface area contributed by atoms with E-state index < -0.39 is 5.54 Å². The fourth-order valence-electron chi connectivity index (χ4n) is 1.94. The lowest BCUT2D eigenvalue weighted by atomic mass is 9.96. The highest BCUT2D eigenvalue weighted by atomic mass is 32.1. The van der Waals surface area contributed by atoms with Gasteiger partial charge in [-0.15, -0.1) is 0 Å². The van der Waals surface area contributed by atoms with Crippen molar-refractivity contribution in [3.8, 4) is 0 Å². The molecular formula is C9H14N2OS. The molecule has 1 N–H and O–H groups in total. The average molecular weight is 198 g/mol. The zero-order chi connectivity index (χ0) is 9.64. The number of likely N-dealkylation sites (N-methyl/N-ethyl adjacent to an activating group) is 1. The van der Waals surface area contributed by atoms with E-state index in [9.17, 15) is 4.79 Å². The van der Waals surface area contributed by atoms with Gasteiger partial charge in [0.2, 0.25) is 0 Å². The minimum Gasteiger partial charge on any atom is -0.348 e.